The van der Waals surface area contributed by atoms with Gasteiger partial charge in [0.25, 0.3) is 0 Å². The molecule has 1 amide bonds. The van der Waals surface area contributed by atoms with Gasteiger partial charge in [0.05, 0.1) is 18.3 Å². The largest absolute Gasteiger partial charge is 0.491 e. The number of aromatic nitrogens is 4. The third-order valence-corrected chi connectivity index (χ3v) is 10.9. The monoisotopic (exact) mass is 635 g/mol. The highest BCUT2D eigenvalue weighted by atomic mass is 16.5. The number of aromatic amines is 1. The number of nitrogens with one attached hydrogen (secondary N) is 1. The van der Waals surface area contributed by atoms with Crippen LogP contribution in [-0.2, 0) is 4.79 Å². The molecule has 2 aromatic heterocycles. The molecule has 3 aliphatic heterocycles. The average molecular weight is 636 g/mol. The van der Waals surface area contributed by atoms with Crippen molar-refractivity contribution in [2.75, 3.05) is 57.8 Å². The molecule has 5 heterocycles. The van der Waals surface area contributed by atoms with E-state index in [0.29, 0.717) is 18.5 Å². The minimum absolute atomic E-state index is 0.0313. The summed E-state index contributed by atoms with van der Waals surface area (Å²) in [7, 11) is 2.16. The maximum Gasteiger partial charge on any atom is 0.319 e. The van der Waals surface area contributed by atoms with Crippen molar-refractivity contribution in [3.63, 3.8) is 0 Å². The first kappa shape index (κ1) is 30.2. The second-order valence-corrected chi connectivity index (χ2v) is 14.2. The van der Waals surface area contributed by atoms with Gasteiger partial charge in [0, 0.05) is 61.0 Å². The minimum Gasteiger partial charge on any atom is -0.491 e. The number of hydrogen-bond donors (Lipinski definition) is 1. The van der Waals surface area contributed by atoms with Gasteiger partial charge in [-0.05, 0) is 100 Å². The summed E-state index contributed by atoms with van der Waals surface area (Å²) >= 11 is 0. The van der Waals surface area contributed by atoms with Crippen molar-refractivity contribution in [1.29, 1.82) is 0 Å². The van der Waals surface area contributed by atoms with Crippen molar-refractivity contribution in [2.45, 2.75) is 64.4 Å². The van der Waals surface area contributed by atoms with E-state index in [9.17, 15) is 4.79 Å². The Morgan fingerprint density at radius 1 is 1.06 bits per heavy atom. The highest BCUT2D eigenvalue weighted by Gasteiger charge is 2.46. The van der Waals surface area contributed by atoms with Crippen LogP contribution in [0.4, 0.5) is 5.82 Å². The number of fused-ring (bicyclic) bond motifs is 2. The van der Waals surface area contributed by atoms with Crippen LogP contribution >= 0.6 is 0 Å². The van der Waals surface area contributed by atoms with E-state index in [-0.39, 0.29) is 17.4 Å². The number of anilines is 1. The molecule has 8 rings (SSSR count). The predicted octanol–water partition coefficient (Wildman–Crippen LogP) is 5.85. The molecule has 0 bridgehead atoms. The molecule has 0 atom stereocenters. The summed E-state index contributed by atoms with van der Waals surface area (Å²) in [6.07, 6.45) is 9.67. The molecule has 4 fully saturated rings. The van der Waals surface area contributed by atoms with Crippen molar-refractivity contribution in [1.82, 2.24) is 30.0 Å². The lowest BCUT2D eigenvalue weighted by Gasteiger charge is -2.54. The number of nitrogens with zero attached hydrogens (tertiary/aromatic N) is 6. The van der Waals surface area contributed by atoms with Crippen LogP contribution in [0.2, 0.25) is 0 Å². The van der Waals surface area contributed by atoms with Crippen molar-refractivity contribution < 1.29 is 14.3 Å². The zero-order valence-electron chi connectivity index (χ0n) is 27.8. The van der Waals surface area contributed by atoms with E-state index in [0.717, 1.165) is 122 Å². The first-order chi connectivity index (χ1) is 22.9. The quantitative estimate of drug-likeness (QED) is 0.241. The maximum atomic E-state index is 12.2. The number of amides is 1. The second-order valence-electron chi connectivity index (χ2n) is 14.2. The first-order valence-electron chi connectivity index (χ1n) is 17.3. The van der Waals surface area contributed by atoms with Gasteiger partial charge >= 0.3 is 6.01 Å². The Balaban J connectivity index is 1.26. The number of rotatable bonds is 8. The number of benzene rings is 2. The molecule has 1 spiro atoms. The number of piperidine rings is 2. The molecule has 1 aliphatic carbocycles. The number of ether oxygens (including phenoxy) is 2. The number of likely N-dealkylation sites (tertiary alicyclic amines) is 2. The summed E-state index contributed by atoms with van der Waals surface area (Å²) in [6.45, 7) is 13.8. The number of carbonyl (C=O) groups is 1. The Hall–Kier alpha value is -4.18. The molecule has 4 aliphatic rings. The van der Waals surface area contributed by atoms with Gasteiger partial charge in [0.1, 0.15) is 17.4 Å². The molecule has 1 N–H and O–H groups in total. The van der Waals surface area contributed by atoms with Crippen LogP contribution in [0.15, 0.2) is 37.1 Å². The van der Waals surface area contributed by atoms with Gasteiger partial charge < -0.3 is 24.2 Å². The van der Waals surface area contributed by atoms with E-state index < -0.39 is 0 Å². The maximum absolute atomic E-state index is 12.2. The molecule has 4 aromatic rings. The van der Waals surface area contributed by atoms with E-state index >= 15 is 0 Å². The van der Waals surface area contributed by atoms with Crippen LogP contribution in [0.3, 0.4) is 0 Å². The van der Waals surface area contributed by atoms with Crippen molar-refractivity contribution in [2.24, 2.45) is 5.41 Å². The van der Waals surface area contributed by atoms with Crippen molar-refractivity contribution >= 4 is 33.5 Å². The van der Waals surface area contributed by atoms with Crippen molar-refractivity contribution in [3.8, 4) is 22.9 Å². The summed E-state index contributed by atoms with van der Waals surface area (Å²) in [6, 6.07) is 7.06. The van der Waals surface area contributed by atoms with Gasteiger partial charge in [-0.2, -0.15) is 15.1 Å². The summed E-state index contributed by atoms with van der Waals surface area (Å²) in [5, 5.41) is 9.71. The van der Waals surface area contributed by atoms with Crippen LogP contribution in [0, 0.1) is 12.3 Å². The lowest BCUT2D eigenvalue weighted by atomic mass is 9.72. The highest BCUT2D eigenvalue weighted by Crippen LogP contribution is 2.53. The smallest absolute Gasteiger partial charge is 0.319 e. The summed E-state index contributed by atoms with van der Waals surface area (Å²) in [5.74, 6) is 2.24. The molecule has 1 saturated carbocycles. The van der Waals surface area contributed by atoms with Crippen LogP contribution in [0.1, 0.15) is 62.5 Å². The Morgan fingerprint density at radius 3 is 2.53 bits per heavy atom. The average Bonchev–Trinajstić information content (AvgIpc) is 3.81. The molecule has 10 heteroatoms. The van der Waals surface area contributed by atoms with Gasteiger partial charge in [-0.25, -0.2) is 0 Å². The first-order valence-corrected chi connectivity index (χ1v) is 17.3. The third kappa shape index (κ3) is 5.40. The fourth-order valence-corrected chi connectivity index (χ4v) is 8.04. The Bertz CT molecular complexity index is 1840. The Morgan fingerprint density at radius 2 is 1.83 bits per heavy atom. The molecule has 10 nitrogen and oxygen atoms in total. The van der Waals surface area contributed by atoms with E-state index in [2.05, 4.69) is 58.7 Å². The van der Waals surface area contributed by atoms with E-state index in [4.69, 9.17) is 19.4 Å². The summed E-state index contributed by atoms with van der Waals surface area (Å²) in [4.78, 5) is 29.3. The van der Waals surface area contributed by atoms with Crippen LogP contribution in [0.5, 0.6) is 11.8 Å². The SMILES string of the molecule is C=CC(=O)N1CC2(CCN(c3nc(OC4CCN(C)CC4)nc4c(OCC)c(-c5c(C)ccc6[nH]ncc56)c(C5CC5)cc34)CC2)C1. The lowest BCUT2D eigenvalue weighted by Crippen LogP contribution is -2.61. The summed E-state index contributed by atoms with van der Waals surface area (Å²) < 4.78 is 13.3. The lowest BCUT2D eigenvalue weighted by molar-refractivity contribution is -0.139. The molecule has 0 radical (unpaired) electrons. The molecule has 3 saturated heterocycles. The molecule has 246 valence electrons. The van der Waals surface area contributed by atoms with Crippen LogP contribution < -0.4 is 14.4 Å². The van der Waals surface area contributed by atoms with Gasteiger partial charge in [-0.3, -0.25) is 9.89 Å². The Labute approximate surface area is 276 Å². The molecule has 47 heavy (non-hydrogen) atoms. The number of hydrogen-bond acceptors (Lipinski definition) is 8. The minimum atomic E-state index is 0.0313. The predicted molar refractivity (Wildman–Crippen MR) is 184 cm³/mol. The standard InChI is InChI=1S/C37H45N7O3/c1-5-30(45)44-21-37(22-44)13-17-43(18-14-37)35-27-19-26(24-8-9-24)32(31-23(3)7-10-29-28(31)20-38-41-29)34(46-6-2)33(27)39-36(40-35)47-25-11-15-42(4)16-12-25/h5,7,10,19-20,24-25H,1,6,8-9,11-18,21-22H2,2-4H3,(H,38,41). The van der Waals surface area contributed by atoms with Crippen LogP contribution in [-0.4, -0.2) is 94.9 Å². The van der Waals surface area contributed by atoms with Gasteiger partial charge in [-0.15, -0.1) is 0 Å². The number of carbonyl (C=O) groups excluding carboxylic acids is 1. The highest BCUT2D eigenvalue weighted by molar-refractivity contribution is 6.06. The normalized spacial score (nSPS) is 20.1. The topological polar surface area (TPSA) is 99.7 Å². The fraction of sp³-hybridized carbons (Fsp3) is 0.514. The molecular weight excluding hydrogens is 590 g/mol. The van der Waals surface area contributed by atoms with E-state index in [1.807, 2.05) is 18.0 Å². The van der Waals surface area contributed by atoms with Gasteiger partial charge in [-0.1, -0.05) is 12.6 Å². The molecular formula is C37H45N7O3. The van der Waals surface area contributed by atoms with Gasteiger partial charge in [0.2, 0.25) is 5.91 Å². The van der Waals surface area contributed by atoms with Crippen molar-refractivity contribution in [3.05, 3.63) is 48.2 Å². The van der Waals surface area contributed by atoms with Gasteiger partial charge in [0.15, 0.2) is 5.75 Å². The molecule has 0 unspecified atom stereocenters. The number of H-pyrrole nitrogens is 1. The second kappa shape index (κ2) is 11.8. The third-order valence-electron chi connectivity index (χ3n) is 10.9. The molecule has 2 aromatic carbocycles. The zero-order valence-corrected chi connectivity index (χ0v) is 27.8. The Kier molecular flexibility index (Phi) is 7.58. The number of aryl methyl sites for hydroxylation is 1. The fourth-order valence-electron chi connectivity index (χ4n) is 8.04. The summed E-state index contributed by atoms with van der Waals surface area (Å²) in [5.41, 5.74) is 6.77. The van der Waals surface area contributed by atoms with Crippen LogP contribution in [0.25, 0.3) is 32.9 Å². The van der Waals surface area contributed by atoms with E-state index in [1.165, 1.54) is 17.2 Å². The zero-order chi connectivity index (χ0) is 32.3. The van der Waals surface area contributed by atoms with E-state index in [1.54, 1.807) is 0 Å².